The molecule has 0 saturated carbocycles. The van der Waals surface area contributed by atoms with Crippen LogP contribution in [0.3, 0.4) is 0 Å². The van der Waals surface area contributed by atoms with E-state index in [0.29, 0.717) is 36.8 Å². The number of aromatic nitrogens is 2. The number of nitrogens with one attached hydrogen (secondary N) is 1. The molecule has 5 heteroatoms. The zero-order valence-corrected chi connectivity index (χ0v) is 9.61. The van der Waals surface area contributed by atoms with Crippen LogP contribution in [0.15, 0.2) is 28.8 Å². The van der Waals surface area contributed by atoms with Crippen LogP contribution in [0.4, 0.5) is 4.39 Å². The first-order chi connectivity index (χ1) is 8.25. The van der Waals surface area contributed by atoms with E-state index in [4.69, 9.17) is 4.52 Å². The normalized spacial score (nSPS) is 10.7. The van der Waals surface area contributed by atoms with E-state index in [0.717, 1.165) is 0 Å². The highest BCUT2D eigenvalue weighted by Crippen LogP contribution is 2.05. The maximum atomic E-state index is 13.3. The van der Waals surface area contributed by atoms with Crippen LogP contribution in [-0.4, -0.2) is 16.7 Å². The number of benzene rings is 1. The lowest BCUT2D eigenvalue weighted by atomic mass is 10.2. The van der Waals surface area contributed by atoms with Gasteiger partial charge in [0.25, 0.3) is 0 Å². The zero-order valence-electron chi connectivity index (χ0n) is 9.61. The van der Waals surface area contributed by atoms with E-state index in [-0.39, 0.29) is 5.82 Å². The summed E-state index contributed by atoms with van der Waals surface area (Å²) in [6.45, 7) is 2.94. The molecule has 4 nitrogen and oxygen atoms in total. The van der Waals surface area contributed by atoms with E-state index in [1.54, 1.807) is 19.1 Å². The van der Waals surface area contributed by atoms with Gasteiger partial charge < -0.3 is 9.84 Å². The average Bonchev–Trinajstić information content (AvgIpc) is 2.73. The summed E-state index contributed by atoms with van der Waals surface area (Å²) in [4.78, 5) is 4.08. The fourth-order valence-electron chi connectivity index (χ4n) is 1.51. The Morgan fingerprint density at radius 2 is 2.18 bits per heavy atom. The van der Waals surface area contributed by atoms with Gasteiger partial charge in [0, 0.05) is 32.0 Å². The van der Waals surface area contributed by atoms with Crippen LogP contribution in [0.1, 0.15) is 17.3 Å². The molecule has 1 heterocycles. The van der Waals surface area contributed by atoms with Crippen molar-refractivity contribution in [3.63, 3.8) is 0 Å². The number of halogens is 1. The summed E-state index contributed by atoms with van der Waals surface area (Å²) in [5.74, 6) is 1.05. The molecule has 0 atom stereocenters. The van der Waals surface area contributed by atoms with Crippen LogP contribution in [0.5, 0.6) is 0 Å². The fraction of sp³-hybridized carbons (Fsp3) is 0.333. The van der Waals surface area contributed by atoms with Gasteiger partial charge in [0.05, 0.1) is 0 Å². The maximum Gasteiger partial charge on any atom is 0.223 e. The van der Waals surface area contributed by atoms with Gasteiger partial charge in [-0.15, -0.1) is 0 Å². The Morgan fingerprint density at radius 3 is 2.88 bits per heavy atom. The molecule has 0 radical (unpaired) electrons. The highest BCUT2D eigenvalue weighted by atomic mass is 19.1. The Labute approximate surface area is 98.8 Å². The third-order valence-corrected chi connectivity index (χ3v) is 2.37. The van der Waals surface area contributed by atoms with Crippen LogP contribution in [0.2, 0.25) is 0 Å². The van der Waals surface area contributed by atoms with Crippen molar-refractivity contribution in [2.45, 2.75) is 19.9 Å². The van der Waals surface area contributed by atoms with Gasteiger partial charge in [-0.25, -0.2) is 4.39 Å². The summed E-state index contributed by atoms with van der Waals surface area (Å²) in [5.41, 5.74) is 0.664. The molecule has 2 aromatic rings. The van der Waals surface area contributed by atoms with Crippen molar-refractivity contribution in [2.24, 2.45) is 0 Å². The Kier molecular flexibility index (Phi) is 3.82. The van der Waals surface area contributed by atoms with Crippen LogP contribution in [-0.2, 0) is 13.0 Å². The third-order valence-electron chi connectivity index (χ3n) is 2.37. The second kappa shape index (κ2) is 5.54. The minimum Gasteiger partial charge on any atom is -0.340 e. The second-order valence-electron chi connectivity index (χ2n) is 3.75. The first kappa shape index (κ1) is 11.7. The highest BCUT2D eigenvalue weighted by molar-refractivity contribution is 5.16. The summed E-state index contributed by atoms with van der Waals surface area (Å²) in [5, 5.41) is 6.92. The van der Waals surface area contributed by atoms with Gasteiger partial charge in [-0.3, -0.25) is 0 Å². The van der Waals surface area contributed by atoms with Crippen molar-refractivity contribution in [3.8, 4) is 0 Å². The van der Waals surface area contributed by atoms with Gasteiger partial charge in [-0.05, 0) is 6.07 Å². The summed E-state index contributed by atoms with van der Waals surface area (Å²) < 4.78 is 18.1. The molecule has 90 valence electrons. The molecule has 0 aliphatic heterocycles. The largest absolute Gasteiger partial charge is 0.340 e. The molecule has 0 spiro atoms. The van der Waals surface area contributed by atoms with Crippen molar-refractivity contribution >= 4 is 0 Å². The number of rotatable bonds is 5. The van der Waals surface area contributed by atoms with Crippen LogP contribution in [0, 0.1) is 12.7 Å². The third kappa shape index (κ3) is 3.35. The molecule has 0 aliphatic carbocycles. The lowest BCUT2D eigenvalue weighted by molar-refractivity contribution is 0.387. The maximum absolute atomic E-state index is 13.3. The van der Waals surface area contributed by atoms with E-state index in [2.05, 4.69) is 15.5 Å². The zero-order chi connectivity index (χ0) is 12.1. The molecule has 1 aromatic heterocycles. The number of hydrogen-bond donors (Lipinski definition) is 1. The Morgan fingerprint density at radius 1 is 1.35 bits per heavy atom. The summed E-state index contributed by atoms with van der Waals surface area (Å²) in [7, 11) is 0. The Balaban J connectivity index is 1.75. The Hall–Kier alpha value is -1.75. The molecule has 0 aliphatic rings. The van der Waals surface area contributed by atoms with E-state index in [1.165, 1.54) is 6.07 Å². The number of aryl methyl sites for hydroxylation is 1. The molecule has 0 saturated heterocycles. The van der Waals surface area contributed by atoms with Gasteiger partial charge in [0.15, 0.2) is 5.82 Å². The predicted octanol–water partition coefficient (Wildman–Crippen LogP) is 1.85. The van der Waals surface area contributed by atoms with Crippen molar-refractivity contribution in [1.82, 2.24) is 15.5 Å². The van der Waals surface area contributed by atoms with Gasteiger partial charge >= 0.3 is 0 Å². The molecule has 17 heavy (non-hydrogen) atoms. The molecule has 0 unspecified atom stereocenters. The van der Waals surface area contributed by atoms with Crippen molar-refractivity contribution in [1.29, 1.82) is 0 Å². The van der Waals surface area contributed by atoms with Gasteiger partial charge in [0.2, 0.25) is 5.89 Å². The number of hydrogen-bond acceptors (Lipinski definition) is 4. The van der Waals surface area contributed by atoms with Crippen LogP contribution in [0.25, 0.3) is 0 Å². The molecule has 0 fully saturated rings. The topological polar surface area (TPSA) is 51.0 Å². The fourth-order valence-corrected chi connectivity index (χ4v) is 1.51. The van der Waals surface area contributed by atoms with Gasteiger partial charge in [-0.1, -0.05) is 23.4 Å². The standard InChI is InChI=1S/C12H14FN3O/c1-9-15-12(16-17-9)6-7-14-8-10-4-2-3-5-11(10)13/h2-5,14H,6-8H2,1H3. The van der Waals surface area contributed by atoms with Gasteiger partial charge in [-0.2, -0.15) is 4.98 Å². The van der Waals surface area contributed by atoms with Gasteiger partial charge in [0.1, 0.15) is 5.82 Å². The SMILES string of the molecule is Cc1nc(CCNCc2ccccc2F)no1. The summed E-state index contributed by atoms with van der Waals surface area (Å²) >= 11 is 0. The molecule has 1 N–H and O–H groups in total. The monoisotopic (exact) mass is 235 g/mol. The molecular weight excluding hydrogens is 221 g/mol. The van der Waals surface area contributed by atoms with E-state index in [1.807, 2.05) is 6.07 Å². The van der Waals surface area contributed by atoms with E-state index >= 15 is 0 Å². The molecule has 2 rings (SSSR count). The molecular formula is C12H14FN3O. The predicted molar refractivity (Wildman–Crippen MR) is 60.8 cm³/mol. The second-order valence-corrected chi connectivity index (χ2v) is 3.75. The highest BCUT2D eigenvalue weighted by Gasteiger charge is 2.02. The quantitative estimate of drug-likeness (QED) is 0.803. The molecule has 1 aromatic carbocycles. The van der Waals surface area contributed by atoms with Crippen molar-refractivity contribution in [2.75, 3.05) is 6.54 Å². The first-order valence-electron chi connectivity index (χ1n) is 5.49. The molecule has 0 bridgehead atoms. The lowest BCUT2D eigenvalue weighted by Crippen LogP contribution is -2.17. The van der Waals surface area contributed by atoms with Crippen molar-refractivity contribution < 1.29 is 8.91 Å². The average molecular weight is 235 g/mol. The van der Waals surface area contributed by atoms with Crippen LogP contribution < -0.4 is 5.32 Å². The minimum absolute atomic E-state index is 0.185. The minimum atomic E-state index is -0.185. The lowest BCUT2D eigenvalue weighted by Gasteiger charge is -2.04. The van der Waals surface area contributed by atoms with E-state index in [9.17, 15) is 4.39 Å². The summed E-state index contributed by atoms with van der Waals surface area (Å²) in [6.07, 6.45) is 0.672. The summed E-state index contributed by atoms with van der Waals surface area (Å²) in [6, 6.07) is 6.73. The van der Waals surface area contributed by atoms with Crippen LogP contribution >= 0.6 is 0 Å². The smallest absolute Gasteiger partial charge is 0.223 e. The molecule has 0 amide bonds. The number of nitrogens with zero attached hydrogens (tertiary/aromatic N) is 2. The first-order valence-corrected chi connectivity index (χ1v) is 5.49. The van der Waals surface area contributed by atoms with Crippen molar-refractivity contribution in [3.05, 3.63) is 47.4 Å². The van der Waals surface area contributed by atoms with E-state index < -0.39 is 0 Å². The Bertz CT molecular complexity index is 484.